The maximum absolute atomic E-state index is 11.0. The number of nitrogens with one attached hydrogen (secondary N) is 1. The molecule has 1 aromatic rings. The summed E-state index contributed by atoms with van der Waals surface area (Å²) in [4.78, 5) is 15.5. The number of hydroxylamine groups is 1. The van der Waals surface area contributed by atoms with Crippen molar-refractivity contribution in [3.63, 3.8) is 0 Å². The Morgan fingerprint density at radius 2 is 2.38 bits per heavy atom. The fraction of sp³-hybridized carbons (Fsp3) is 0.222. The number of hydrogen-bond acceptors (Lipinski definition) is 3. The predicted octanol–water partition coefficient (Wildman–Crippen LogP) is 0.489. The van der Waals surface area contributed by atoms with Gasteiger partial charge in [0.15, 0.2) is 0 Å². The summed E-state index contributed by atoms with van der Waals surface area (Å²) in [5.41, 5.74) is 9.30. The van der Waals surface area contributed by atoms with Gasteiger partial charge in [0, 0.05) is 5.69 Å². The number of benzene rings is 1. The van der Waals surface area contributed by atoms with Gasteiger partial charge in [0.25, 0.3) is 0 Å². The van der Waals surface area contributed by atoms with Crippen molar-refractivity contribution in [2.45, 2.75) is 6.42 Å². The Labute approximate surface area is 76.6 Å². The second kappa shape index (κ2) is 4.47. The lowest BCUT2D eigenvalue weighted by Gasteiger charge is -2.02. The molecule has 0 atom stereocenters. The van der Waals surface area contributed by atoms with Crippen LogP contribution in [0.1, 0.15) is 5.56 Å². The monoisotopic (exact) mass is 180 g/mol. The molecular weight excluding hydrogens is 168 g/mol. The van der Waals surface area contributed by atoms with Crippen molar-refractivity contribution in [1.29, 1.82) is 0 Å². The molecule has 4 heteroatoms. The molecule has 0 fully saturated rings. The van der Waals surface area contributed by atoms with E-state index in [1.165, 1.54) is 7.11 Å². The first-order valence-electron chi connectivity index (χ1n) is 3.88. The molecule has 0 heterocycles. The first kappa shape index (κ1) is 9.54. The van der Waals surface area contributed by atoms with E-state index in [0.717, 1.165) is 5.56 Å². The van der Waals surface area contributed by atoms with Gasteiger partial charge in [-0.25, -0.2) is 5.48 Å². The van der Waals surface area contributed by atoms with Gasteiger partial charge < -0.3 is 5.73 Å². The highest BCUT2D eigenvalue weighted by molar-refractivity contribution is 5.77. The van der Waals surface area contributed by atoms with Crippen LogP contribution in [0.15, 0.2) is 24.3 Å². The number of rotatable bonds is 3. The van der Waals surface area contributed by atoms with E-state index in [1.54, 1.807) is 12.1 Å². The van der Waals surface area contributed by atoms with Gasteiger partial charge in [-0.2, -0.15) is 0 Å². The van der Waals surface area contributed by atoms with Crippen molar-refractivity contribution in [2.75, 3.05) is 12.8 Å². The second-order valence-electron chi connectivity index (χ2n) is 2.65. The lowest BCUT2D eigenvalue weighted by molar-refractivity contribution is -0.130. The molecule has 0 unspecified atom stereocenters. The summed E-state index contributed by atoms with van der Waals surface area (Å²) < 4.78 is 0. The van der Waals surface area contributed by atoms with Crippen LogP contribution in [0.5, 0.6) is 0 Å². The standard InChI is InChI=1S/C9H12N2O2/c1-13-11-9(12)6-7-3-2-4-8(10)5-7/h2-5H,6,10H2,1H3,(H,11,12). The Morgan fingerprint density at radius 1 is 1.62 bits per heavy atom. The van der Waals surface area contributed by atoms with Gasteiger partial charge in [-0.05, 0) is 17.7 Å². The molecule has 1 amide bonds. The molecular formula is C9H12N2O2. The third-order valence-electron chi connectivity index (χ3n) is 1.53. The third-order valence-corrected chi connectivity index (χ3v) is 1.53. The third kappa shape index (κ3) is 3.13. The zero-order chi connectivity index (χ0) is 9.68. The molecule has 0 spiro atoms. The van der Waals surface area contributed by atoms with Crippen molar-refractivity contribution >= 4 is 11.6 Å². The van der Waals surface area contributed by atoms with Crippen LogP contribution in [0.25, 0.3) is 0 Å². The largest absolute Gasteiger partial charge is 0.399 e. The van der Waals surface area contributed by atoms with Crippen molar-refractivity contribution in [1.82, 2.24) is 5.48 Å². The van der Waals surface area contributed by atoms with E-state index in [4.69, 9.17) is 5.73 Å². The van der Waals surface area contributed by atoms with Crippen molar-refractivity contribution in [3.05, 3.63) is 29.8 Å². The summed E-state index contributed by atoms with van der Waals surface area (Å²) in [7, 11) is 1.40. The molecule has 4 nitrogen and oxygen atoms in total. The van der Waals surface area contributed by atoms with Gasteiger partial charge in [-0.3, -0.25) is 9.63 Å². The van der Waals surface area contributed by atoms with Gasteiger partial charge in [0.2, 0.25) is 5.91 Å². The van der Waals surface area contributed by atoms with E-state index in [9.17, 15) is 4.79 Å². The minimum Gasteiger partial charge on any atom is -0.399 e. The summed E-state index contributed by atoms with van der Waals surface area (Å²) in [6.07, 6.45) is 0.277. The minimum atomic E-state index is -0.187. The Kier molecular flexibility index (Phi) is 3.28. The maximum atomic E-state index is 11.0. The van der Waals surface area contributed by atoms with E-state index in [1.807, 2.05) is 12.1 Å². The summed E-state index contributed by atoms with van der Waals surface area (Å²) in [5, 5.41) is 0. The molecule has 0 saturated heterocycles. The zero-order valence-electron chi connectivity index (χ0n) is 7.41. The Morgan fingerprint density at radius 3 is 3.00 bits per heavy atom. The number of nitrogen functional groups attached to an aromatic ring is 1. The first-order valence-corrected chi connectivity index (χ1v) is 3.88. The van der Waals surface area contributed by atoms with Gasteiger partial charge in [0.1, 0.15) is 0 Å². The number of hydrogen-bond donors (Lipinski definition) is 2. The Balaban J connectivity index is 2.58. The van der Waals surface area contributed by atoms with E-state index in [0.29, 0.717) is 5.69 Å². The van der Waals surface area contributed by atoms with Crippen LogP contribution in [0.2, 0.25) is 0 Å². The van der Waals surface area contributed by atoms with Crippen molar-refractivity contribution in [2.24, 2.45) is 0 Å². The molecule has 0 radical (unpaired) electrons. The van der Waals surface area contributed by atoms with E-state index in [-0.39, 0.29) is 12.3 Å². The van der Waals surface area contributed by atoms with Crippen LogP contribution in [0.3, 0.4) is 0 Å². The quantitative estimate of drug-likeness (QED) is 0.525. The summed E-state index contributed by atoms with van der Waals surface area (Å²) in [5.74, 6) is -0.187. The van der Waals surface area contributed by atoms with Crippen LogP contribution >= 0.6 is 0 Å². The maximum Gasteiger partial charge on any atom is 0.247 e. The fourth-order valence-electron chi connectivity index (χ4n) is 1.04. The summed E-state index contributed by atoms with van der Waals surface area (Å²) in [6, 6.07) is 7.18. The molecule has 1 rings (SSSR count). The van der Waals surface area contributed by atoms with E-state index in [2.05, 4.69) is 10.3 Å². The highest BCUT2D eigenvalue weighted by atomic mass is 16.6. The zero-order valence-corrected chi connectivity index (χ0v) is 7.41. The van der Waals surface area contributed by atoms with Crippen LogP contribution in [0.4, 0.5) is 5.69 Å². The van der Waals surface area contributed by atoms with E-state index < -0.39 is 0 Å². The average Bonchev–Trinajstić information content (AvgIpc) is 2.04. The van der Waals surface area contributed by atoms with Crippen LogP contribution in [0, 0.1) is 0 Å². The topological polar surface area (TPSA) is 64.3 Å². The average molecular weight is 180 g/mol. The smallest absolute Gasteiger partial charge is 0.247 e. The molecule has 0 aliphatic heterocycles. The van der Waals surface area contributed by atoms with E-state index >= 15 is 0 Å². The van der Waals surface area contributed by atoms with Gasteiger partial charge in [0.05, 0.1) is 13.5 Å². The number of nitrogens with two attached hydrogens (primary N) is 1. The van der Waals surface area contributed by atoms with Gasteiger partial charge in [-0.15, -0.1) is 0 Å². The molecule has 0 aliphatic carbocycles. The molecule has 1 aromatic carbocycles. The number of amides is 1. The number of carbonyl (C=O) groups excluding carboxylic acids is 1. The SMILES string of the molecule is CONC(=O)Cc1cccc(N)c1. The number of carbonyl (C=O) groups is 1. The van der Waals surface area contributed by atoms with Crippen molar-refractivity contribution < 1.29 is 9.63 Å². The van der Waals surface area contributed by atoms with Gasteiger partial charge in [-0.1, -0.05) is 12.1 Å². The molecule has 3 N–H and O–H groups in total. The Bertz CT molecular complexity index is 299. The van der Waals surface area contributed by atoms with Crippen LogP contribution in [-0.2, 0) is 16.1 Å². The highest BCUT2D eigenvalue weighted by Crippen LogP contribution is 2.06. The predicted molar refractivity (Wildman–Crippen MR) is 49.7 cm³/mol. The Hall–Kier alpha value is -1.55. The van der Waals surface area contributed by atoms with Crippen molar-refractivity contribution in [3.8, 4) is 0 Å². The molecule has 0 saturated carbocycles. The normalized spacial score (nSPS) is 9.62. The van der Waals surface area contributed by atoms with Crippen LogP contribution in [-0.4, -0.2) is 13.0 Å². The fourth-order valence-corrected chi connectivity index (χ4v) is 1.04. The molecule has 0 aliphatic rings. The number of anilines is 1. The van der Waals surface area contributed by atoms with Crippen LogP contribution < -0.4 is 11.2 Å². The first-order chi connectivity index (χ1) is 6.22. The van der Waals surface area contributed by atoms with Gasteiger partial charge >= 0.3 is 0 Å². The summed E-state index contributed by atoms with van der Waals surface area (Å²) >= 11 is 0. The molecule has 70 valence electrons. The lowest BCUT2D eigenvalue weighted by Crippen LogP contribution is -2.23. The highest BCUT2D eigenvalue weighted by Gasteiger charge is 2.01. The molecule has 0 aromatic heterocycles. The summed E-state index contributed by atoms with van der Waals surface area (Å²) in [6.45, 7) is 0. The second-order valence-corrected chi connectivity index (χ2v) is 2.65. The minimum absolute atomic E-state index is 0.187. The molecule has 0 bridgehead atoms. The lowest BCUT2D eigenvalue weighted by atomic mass is 10.1. The molecule has 13 heavy (non-hydrogen) atoms.